The Labute approximate surface area is 122 Å². The van der Waals surface area contributed by atoms with Crippen LogP contribution in [0.1, 0.15) is 50.9 Å². The van der Waals surface area contributed by atoms with Crippen LogP contribution < -0.4 is 4.74 Å². The summed E-state index contributed by atoms with van der Waals surface area (Å²) in [6.45, 7) is 8.51. The predicted octanol–water partition coefficient (Wildman–Crippen LogP) is 4.42. The quantitative estimate of drug-likeness (QED) is 0.829. The molecule has 108 valence electrons. The summed E-state index contributed by atoms with van der Waals surface area (Å²) in [6.07, 6.45) is 3.60. The van der Waals surface area contributed by atoms with Gasteiger partial charge in [-0.1, -0.05) is 33.8 Å². The van der Waals surface area contributed by atoms with Crippen molar-refractivity contribution in [2.24, 2.45) is 0 Å². The van der Waals surface area contributed by atoms with E-state index in [0.29, 0.717) is 11.8 Å². The number of hydrogen-bond acceptors (Lipinski definition) is 3. The molecule has 2 rings (SSSR count). The van der Waals surface area contributed by atoms with Crippen LogP contribution in [0, 0.1) is 0 Å². The number of rotatable bonds is 3. The van der Waals surface area contributed by atoms with Gasteiger partial charge in [-0.05, 0) is 30.0 Å². The molecule has 0 aliphatic rings. The molecule has 3 heteroatoms. The maximum atomic E-state index is 5.07. The highest BCUT2D eigenvalue weighted by molar-refractivity contribution is 5.23. The molecule has 0 N–H and O–H groups in total. The van der Waals surface area contributed by atoms with E-state index < -0.39 is 0 Å². The highest BCUT2D eigenvalue weighted by atomic mass is 16.5. The summed E-state index contributed by atoms with van der Waals surface area (Å²) in [4.78, 5) is 8.39. The summed E-state index contributed by atoms with van der Waals surface area (Å²) in [6, 6.07) is 9.81. The molecule has 2 heterocycles. The molecule has 2 aromatic rings. The highest BCUT2D eigenvalue weighted by Crippen LogP contribution is 2.16. The maximum absolute atomic E-state index is 5.07. The normalized spacial score (nSPS) is 10.2. The zero-order valence-corrected chi connectivity index (χ0v) is 13.0. The second-order valence-electron chi connectivity index (χ2n) is 5.18. The van der Waals surface area contributed by atoms with E-state index in [1.165, 1.54) is 0 Å². The van der Waals surface area contributed by atoms with Gasteiger partial charge in [0.15, 0.2) is 0 Å². The summed E-state index contributed by atoms with van der Waals surface area (Å²) >= 11 is 0. The van der Waals surface area contributed by atoms with Gasteiger partial charge in [0.05, 0.1) is 7.11 Å². The number of nitrogens with zero attached hydrogens (tertiary/aromatic N) is 2. The fourth-order valence-electron chi connectivity index (χ4n) is 1.59. The van der Waals surface area contributed by atoms with Gasteiger partial charge in [0.25, 0.3) is 0 Å². The highest BCUT2D eigenvalue weighted by Gasteiger charge is 2.00. The summed E-state index contributed by atoms with van der Waals surface area (Å²) in [5, 5.41) is 0. The van der Waals surface area contributed by atoms with Crippen molar-refractivity contribution in [3.63, 3.8) is 0 Å². The third kappa shape index (κ3) is 5.39. The predicted molar refractivity (Wildman–Crippen MR) is 83.2 cm³/mol. The van der Waals surface area contributed by atoms with E-state index in [1.54, 1.807) is 13.3 Å². The van der Waals surface area contributed by atoms with E-state index in [0.717, 1.165) is 17.1 Å². The van der Waals surface area contributed by atoms with Gasteiger partial charge in [-0.25, -0.2) is 0 Å². The molecule has 3 nitrogen and oxygen atoms in total. The second-order valence-corrected chi connectivity index (χ2v) is 5.18. The van der Waals surface area contributed by atoms with Crippen LogP contribution in [0.3, 0.4) is 0 Å². The van der Waals surface area contributed by atoms with Gasteiger partial charge < -0.3 is 4.74 Å². The van der Waals surface area contributed by atoms with Crippen molar-refractivity contribution in [3.05, 3.63) is 54.1 Å². The summed E-state index contributed by atoms with van der Waals surface area (Å²) in [5.41, 5.74) is 2.24. The van der Waals surface area contributed by atoms with Crippen LogP contribution in [0.15, 0.2) is 42.7 Å². The number of methoxy groups -OCH3 is 1. The van der Waals surface area contributed by atoms with E-state index in [-0.39, 0.29) is 0 Å². The van der Waals surface area contributed by atoms with Crippen molar-refractivity contribution >= 4 is 0 Å². The molecule has 0 amide bonds. The van der Waals surface area contributed by atoms with Crippen LogP contribution in [-0.4, -0.2) is 17.1 Å². The van der Waals surface area contributed by atoms with Gasteiger partial charge in [-0.3, -0.25) is 9.97 Å². The van der Waals surface area contributed by atoms with Crippen molar-refractivity contribution in [2.45, 2.75) is 39.5 Å². The number of hydrogen-bond donors (Lipinski definition) is 0. The Balaban J connectivity index is 0.000000204. The Morgan fingerprint density at radius 3 is 1.95 bits per heavy atom. The maximum Gasteiger partial charge on any atom is 0.122 e. The monoisotopic (exact) mass is 272 g/mol. The van der Waals surface area contributed by atoms with Crippen LogP contribution in [0.25, 0.3) is 0 Å². The van der Waals surface area contributed by atoms with Gasteiger partial charge in [-0.15, -0.1) is 0 Å². The number of aromatic nitrogens is 2. The second kappa shape index (κ2) is 8.31. The van der Waals surface area contributed by atoms with Gasteiger partial charge in [0.2, 0.25) is 0 Å². The van der Waals surface area contributed by atoms with Crippen molar-refractivity contribution in [1.29, 1.82) is 0 Å². The van der Waals surface area contributed by atoms with Gasteiger partial charge in [0.1, 0.15) is 5.75 Å². The molecule has 20 heavy (non-hydrogen) atoms. The summed E-state index contributed by atoms with van der Waals surface area (Å²) in [5.74, 6) is 1.89. The summed E-state index contributed by atoms with van der Waals surface area (Å²) in [7, 11) is 1.67. The lowest BCUT2D eigenvalue weighted by molar-refractivity contribution is 0.413. The Bertz CT molecular complexity index is 495. The Hall–Kier alpha value is -1.90. The molecule has 2 aromatic heterocycles. The fourth-order valence-corrected chi connectivity index (χ4v) is 1.59. The number of ether oxygens (including phenoxy) is 1. The average Bonchev–Trinajstić information content (AvgIpc) is 2.49. The smallest absolute Gasteiger partial charge is 0.122 e. The molecule has 0 unspecified atom stereocenters. The first-order chi connectivity index (χ1) is 9.54. The topological polar surface area (TPSA) is 35.0 Å². The zero-order valence-electron chi connectivity index (χ0n) is 13.0. The fraction of sp³-hybridized carbons (Fsp3) is 0.412. The Morgan fingerprint density at radius 1 is 0.850 bits per heavy atom. The Kier molecular flexibility index (Phi) is 6.71. The largest absolute Gasteiger partial charge is 0.497 e. The third-order valence-corrected chi connectivity index (χ3v) is 2.86. The van der Waals surface area contributed by atoms with Crippen LogP contribution >= 0.6 is 0 Å². The average molecular weight is 272 g/mol. The molecular formula is C17H24N2O. The summed E-state index contributed by atoms with van der Waals surface area (Å²) < 4.78 is 5.07. The first kappa shape index (κ1) is 16.2. The molecule has 0 saturated carbocycles. The van der Waals surface area contributed by atoms with Crippen molar-refractivity contribution in [2.75, 3.05) is 7.11 Å². The van der Waals surface area contributed by atoms with Gasteiger partial charge in [0, 0.05) is 29.8 Å². The van der Waals surface area contributed by atoms with Crippen molar-refractivity contribution in [1.82, 2.24) is 9.97 Å². The lowest BCUT2D eigenvalue weighted by Gasteiger charge is -2.05. The third-order valence-electron chi connectivity index (χ3n) is 2.86. The molecule has 0 spiro atoms. The SMILES string of the molecule is CC(C)c1ccccn1.COc1ccnc(C(C)C)c1. The molecule has 0 radical (unpaired) electrons. The molecule has 0 aliphatic carbocycles. The molecule has 0 aromatic carbocycles. The van der Waals surface area contributed by atoms with Crippen LogP contribution in [0.2, 0.25) is 0 Å². The minimum Gasteiger partial charge on any atom is -0.497 e. The van der Waals surface area contributed by atoms with Crippen LogP contribution in [0.5, 0.6) is 5.75 Å². The molecular weight excluding hydrogens is 248 g/mol. The van der Waals surface area contributed by atoms with E-state index in [2.05, 4.69) is 37.7 Å². The van der Waals surface area contributed by atoms with Gasteiger partial charge >= 0.3 is 0 Å². The van der Waals surface area contributed by atoms with E-state index in [4.69, 9.17) is 4.74 Å². The molecule has 0 atom stereocenters. The zero-order chi connectivity index (χ0) is 15.0. The van der Waals surface area contributed by atoms with Crippen LogP contribution in [0.4, 0.5) is 0 Å². The molecule has 0 saturated heterocycles. The van der Waals surface area contributed by atoms with Crippen molar-refractivity contribution < 1.29 is 4.74 Å². The van der Waals surface area contributed by atoms with Gasteiger partial charge in [-0.2, -0.15) is 0 Å². The van der Waals surface area contributed by atoms with Crippen LogP contribution in [-0.2, 0) is 0 Å². The lowest BCUT2D eigenvalue weighted by atomic mass is 10.1. The first-order valence-corrected chi connectivity index (χ1v) is 6.95. The minimum atomic E-state index is 0.463. The first-order valence-electron chi connectivity index (χ1n) is 6.95. The lowest BCUT2D eigenvalue weighted by Crippen LogP contribution is -1.92. The number of pyridine rings is 2. The minimum absolute atomic E-state index is 0.463. The standard InChI is InChI=1S/C9H13NO.C8H11N/c1-7(2)9-6-8(11-3)4-5-10-9;1-7(2)8-5-3-4-6-9-8/h4-7H,1-3H3;3-7H,1-2H3. The molecule has 0 fully saturated rings. The Morgan fingerprint density at radius 2 is 1.50 bits per heavy atom. The van der Waals surface area contributed by atoms with E-state index in [9.17, 15) is 0 Å². The van der Waals surface area contributed by atoms with E-state index in [1.807, 2.05) is 36.5 Å². The van der Waals surface area contributed by atoms with Crippen molar-refractivity contribution in [3.8, 4) is 5.75 Å². The molecule has 0 bridgehead atoms. The molecule has 0 aliphatic heterocycles. The van der Waals surface area contributed by atoms with E-state index >= 15 is 0 Å².